The molecule has 1 saturated heterocycles. The molecule has 0 amide bonds. The van der Waals surface area contributed by atoms with Crippen molar-refractivity contribution in [2.24, 2.45) is 5.92 Å². The number of carboxylic acid groups (broad SMARTS) is 1. The van der Waals surface area contributed by atoms with Crippen LogP contribution in [-0.2, 0) is 21.4 Å². The maximum atomic E-state index is 12.1. The molecule has 0 aromatic heterocycles. The largest absolute Gasteiger partial charge is 0.481 e. The van der Waals surface area contributed by atoms with E-state index < -0.39 is 16.0 Å². The Balaban J connectivity index is 2.11. The van der Waals surface area contributed by atoms with Crippen molar-refractivity contribution in [1.29, 1.82) is 0 Å². The molecule has 0 bridgehead atoms. The predicted molar refractivity (Wildman–Crippen MR) is 78.3 cm³/mol. The molecule has 116 valence electrons. The minimum Gasteiger partial charge on any atom is -0.481 e. The first-order valence-electron chi connectivity index (χ1n) is 6.77. The molecule has 1 N–H and O–H groups in total. The molecule has 1 heterocycles. The second kappa shape index (κ2) is 6.13. The monoisotopic (exact) mass is 312 g/mol. The minimum absolute atomic E-state index is 0.263. The summed E-state index contributed by atoms with van der Waals surface area (Å²) < 4.78 is 25.4. The highest BCUT2D eigenvalue weighted by atomic mass is 32.2. The van der Waals surface area contributed by atoms with Crippen molar-refractivity contribution in [2.45, 2.75) is 17.9 Å². The van der Waals surface area contributed by atoms with Crippen LogP contribution in [0.25, 0.3) is 0 Å². The van der Waals surface area contributed by atoms with Crippen LogP contribution in [0.15, 0.2) is 29.2 Å². The first-order chi connectivity index (χ1) is 9.80. The summed E-state index contributed by atoms with van der Waals surface area (Å²) >= 11 is 0. The maximum Gasteiger partial charge on any atom is 0.307 e. The number of hydrogen-bond donors (Lipinski definition) is 1. The SMILES string of the molecule is CN(C)S(=O)(=O)c1cccc(CN2CCC(C(=O)O)C2)c1. The highest BCUT2D eigenvalue weighted by Crippen LogP contribution is 2.21. The van der Waals surface area contributed by atoms with Gasteiger partial charge in [0.1, 0.15) is 0 Å². The zero-order chi connectivity index (χ0) is 15.6. The van der Waals surface area contributed by atoms with Crippen LogP contribution in [0, 0.1) is 5.92 Å². The lowest BCUT2D eigenvalue weighted by Gasteiger charge is -2.17. The van der Waals surface area contributed by atoms with Gasteiger partial charge in [0, 0.05) is 27.2 Å². The molecule has 0 saturated carbocycles. The van der Waals surface area contributed by atoms with Gasteiger partial charge in [0.2, 0.25) is 10.0 Å². The molecule has 1 aromatic carbocycles. The van der Waals surface area contributed by atoms with Crippen molar-refractivity contribution >= 4 is 16.0 Å². The third-order valence-electron chi connectivity index (χ3n) is 3.70. The highest BCUT2D eigenvalue weighted by molar-refractivity contribution is 7.89. The molecule has 6 nitrogen and oxygen atoms in total. The van der Waals surface area contributed by atoms with Gasteiger partial charge in [-0.2, -0.15) is 0 Å². The number of rotatable bonds is 5. The van der Waals surface area contributed by atoms with Gasteiger partial charge in [-0.3, -0.25) is 9.69 Å². The summed E-state index contributed by atoms with van der Waals surface area (Å²) in [5, 5.41) is 9.00. The van der Waals surface area contributed by atoms with E-state index in [2.05, 4.69) is 0 Å². The van der Waals surface area contributed by atoms with E-state index in [4.69, 9.17) is 5.11 Å². The second-order valence-electron chi connectivity index (χ2n) is 5.49. The summed E-state index contributed by atoms with van der Waals surface area (Å²) in [4.78, 5) is 13.3. The normalized spacial score (nSPS) is 20.0. The smallest absolute Gasteiger partial charge is 0.307 e. The van der Waals surface area contributed by atoms with Gasteiger partial charge >= 0.3 is 5.97 Å². The van der Waals surface area contributed by atoms with Crippen molar-refractivity contribution in [3.63, 3.8) is 0 Å². The Morgan fingerprint density at radius 1 is 1.43 bits per heavy atom. The van der Waals surface area contributed by atoms with Crippen LogP contribution >= 0.6 is 0 Å². The predicted octanol–water partition coefficient (Wildman–Crippen LogP) is 0.843. The van der Waals surface area contributed by atoms with Gasteiger partial charge in [0.05, 0.1) is 10.8 Å². The van der Waals surface area contributed by atoms with E-state index in [1.807, 2.05) is 11.0 Å². The zero-order valence-corrected chi connectivity index (χ0v) is 13.0. The van der Waals surface area contributed by atoms with Crippen molar-refractivity contribution < 1.29 is 18.3 Å². The molecule has 1 aliphatic heterocycles. The van der Waals surface area contributed by atoms with Crippen LogP contribution < -0.4 is 0 Å². The van der Waals surface area contributed by atoms with Crippen LogP contribution in [0.3, 0.4) is 0 Å². The molecule has 0 spiro atoms. The molecule has 1 unspecified atom stereocenters. The maximum absolute atomic E-state index is 12.1. The van der Waals surface area contributed by atoms with E-state index in [0.717, 1.165) is 12.1 Å². The van der Waals surface area contributed by atoms with E-state index in [-0.39, 0.29) is 10.8 Å². The number of hydrogen-bond acceptors (Lipinski definition) is 4. The summed E-state index contributed by atoms with van der Waals surface area (Å²) in [6.07, 6.45) is 0.644. The first-order valence-corrected chi connectivity index (χ1v) is 8.21. The third-order valence-corrected chi connectivity index (χ3v) is 5.52. The molecule has 21 heavy (non-hydrogen) atoms. The van der Waals surface area contributed by atoms with Gasteiger partial charge in [-0.1, -0.05) is 12.1 Å². The quantitative estimate of drug-likeness (QED) is 0.872. The van der Waals surface area contributed by atoms with Gasteiger partial charge in [0.15, 0.2) is 0 Å². The summed E-state index contributed by atoms with van der Waals surface area (Å²) in [5.74, 6) is -1.08. The van der Waals surface area contributed by atoms with Crippen molar-refractivity contribution in [1.82, 2.24) is 9.21 Å². The molecular weight excluding hydrogens is 292 g/mol. The number of aliphatic carboxylic acids is 1. The van der Waals surface area contributed by atoms with Crippen molar-refractivity contribution in [3.8, 4) is 0 Å². The van der Waals surface area contributed by atoms with Crippen LogP contribution in [0.5, 0.6) is 0 Å². The number of nitrogens with zero attached hydrogens (tertiary/aromatic N) is 2. The van der Waals surface area contributed by atoms with Crippen LogP contribution in [0.4, 0.5) is 0 Å². The lowest BCUT2D eigenvalue weighted by Crippen LogP contribution is -2.24. The summed E-state index contributed by atoms with van der Waals surface area (Å²) in [7, 11) is -0.437. The fourth-order valence-corrected chi connectivity index (χ4v) is 3.42. The van der Waals surface area contributed by atoms with Gasteiger partial charge < -0.3 is 5.11 Å². The van der Waals surface area contributed by atoms with E-state index in [0.29, 0.717) is 19.5 Å². The summed E-state index contributed by atoms with van der Waals surface area (Å²) in [6, 6.07) is 6.81. The van der Waals surface area contributed by atoms with Crippen LogP contribution in [0.2, 0.25) is 0 Å². The molecule has 2 rings (SSSR count). The minimum atomic E-state index is -3.44. The van der Waals surface area contributed by atoms with Gasteiger partial charge in [-0.05, 0) is 30.7 Å². The lowest BCUT2D eigenvalue weighted by atomic mass is 10.1. The average Bonchev–Trinajstić information content (AvgIpc) is 2.87. The van der Waals surface area contributed by atoms with Crippen LogP contribution in [-0.4, -0.2) is 55.9 Å². The van der Waals surface area contributed by atoms with E-state index in [1.54, 1.807) is 18.2 Å². The fraction of sp³-hybridized carbons (Fsp3) is 0.500. The van der Waals surface area contributed by atoms with E-state index >= 15 is 0 Å². The molecule has 0 aliphatic carbocycles. The first kappa shape index (κ1) is 15.9. The summed E-state index contributed by atoms with van der Waals surface area (Å²) in [6.45, 7) is 1.81. The standard InChI is InChI=1S/C14H20N2O4S/c1-15(2)21(19,20)13-5-3-4-11(8-13)9-16-7-6-12(10-16)14(17)18/h3-5,8,12H,6-7,9-10H2,1-2H3,(H,17,18). The van der Waals surface area contributed by atoms with Crippen LogP contribution in [0.1, 0.15) is 12.0 Å². The number of carbonyl (C=O) groups is 1. The molecule has 1 aliphatic rings. The number of carboxylic acids is 1. The Morgan fingerprint density at radius 2 is 2.14 bits per heavy atom. The van der Waals surface area contributed by atoms with Gasteiger partial charge in [0.25, 0.3) is 0 Å². The molecule has 1 fully saturated rings. The van der Waals surface area contributed by atoms with E-state index in [9.17, 15) is 13.2 Å². The number of sulfonamides is 1. The summed E-state index contributed by atoms with van der Waals surface area (Å²) in [5.41, 5.74) is 0.879. The highest BCUT2D eigenvalue weighted by Gasteiger charge is 2.28. The molecule has 1 aromatic rings. The van der Waals surface area contributed by atoms with Gasteiger partial charge in [-0.25, -0.2) is 12.7 Å². The molecule has 1 atom stereocenters. The Kier molecular flexibility index (Phi) is 4.65. The number of benzene rings is 1. The zero-order valence-electron chi connectivity index (χ0n) is 12.2. The Morgan fingerprint density at radius 3 is 2.71 bits per heavy atom. The Labute approximate surface area is 125 Å². The molecular formula is C14H20N2O4S. The van der Waals surface area contributed by atoms with Crippen molar-refractivity contribution in [3.05, 3.63) is 29.8 Å². The van der Waals surface area contributed by atoms with Crippen molar-refractivity contribution in [2.75, 3.05) is 27.2 Å². The number of likely N-dealkylation sites (tertiary alicyclic amines) is 1. The van der Waals surface area contributed by atoms with E-state index in [1.165, 1.54) is 18.4 Å². The molecule has 7 heteroatoms. The Bertz CT molecular complexity index is 628. The Hall–Kier alpha value is -1.44. The lowest BCUT2D eigenvalue weighted by molar-refractivity contribution is -0.141. The van der Waals surface area contributed by atoms with Gasteiger partial charge in [-0.15, -0.1) is 0 Å². The average molecular weight is 312 g/mol. The third kappa shape index (κ3) is 3.61. The molecule has 0 radical (unpaired) electrons. The fourth-order valence-electron chi connectivity index (χ4n) is 2.45. The second-order valence-corrected chi connectivity index (χ2v) is 7.65. The topological polar surface area (TPSA) is 77.9 Å².